The van der Waals surface area contributed by atoms with Crippen LogP contribution in [-0.2, 0) is 4.79 Å². The Labute approximate surface area is 198 Å². The number of piperidine rings is 1. The van der Waals surface area contributed by atoms with Crippen molar-refractivity contribution in [2.75, 3.05) is 76.9 Å². The van der Waals surface area contributed by atoms with Gasteiger partial charge < -0.3 is 14.7 Å². The Kier molecular flexibility index (Phi) is 7.16. The Bertz CT molecular complexity index is 820. The number of hydrogen-bond donors (Lipinski definition) is 0. The molecule has 0 radical (unpaired) electrons. The van der Waals surface area contributed by atoms with Gasteiger partial charge in [0.05, 0.1) is 6.54 Å². The van der Waals surface area contributed by atoms with Gasteiger partial charge in [-0.25, -0.2) is 0 Å². The van der Waals surface area contributed by atoms with Gasteiger partial charge in [-0.3, -0.25) is 19.4 Å². The molecule has 3 aliphatic heterocycles. The maximum atomic E-state index is 12.9. The van der Waals surface area contributed by atoms with E-state index in [4.69, 9.17) is 0 Å². The number of nitrogens with zero attached hydrogens (tertiary/aromatic N) is 5. The van der Waals surface area contributed by atoms with Crippen molar-refractivity contribution in [1.29, 1.82) is 0 Å². The van der Waals surface area contributed by atoms with Crippen molar-refractivity contribution in [3.05, 3.63) is 29.8 Å². The minimum absolute atomic E-state index is 0.165. The molecule has 3 saturated heterocycles. The van der Waals surface area contributed by atoms with E-state index < -0.39 is 0 Å². The number of likely N-dealkylation sites (tertiary alicyclic amines) is 1. The average Bonchev–Trinajstić information content (AvgIpc) is 2.84. The van der Waals surface area contributed by atoms with Gasteiger partial charge in [0.15, 0.2) is 0 Å². The molecule has 0 N–H and O–H groups in total. The molecule has 7 nitrogen and oxygen atoms in total. The zero-order valence-electron chi connectivity index (χ0n) is 20.0. The molecular formula is C26H39N5O2. The second-order valence-corrected chi connectivity index (χ2v) is 10.2. The van der Waals surface area contributed by atoms with Crippen LogP contribution in [0.1, 0.15) is 48.9 Å². The Hall–Kier alpha value is -2.12. The summed E-state index contributed by atoms with van der Waals surface area (Å²) in [6, 6.07) is 8.89. The number of carbonyl (C=O) groups excluding carboxylic acids is 2. The van der Waals surface area contributed by atoms with Crippen LogP contribution in [0.5, 0.6) is 0 Å². The summed E-state index contributed by atoms with van der Waals surface area (Å²) in [4.78, 5) is 37.0. The normalized spacial score (nSPS) is 23.5. The first-order valence-electron chi connectivity index (χ1n) is 13.1. The Balaban J connectivity index is 1.08. The molecule has 0 unspecified atom stereocenters. The molecule has 1 aromatic carbocycles. The Morgan fingerprint density at radius 1 is 0.758 bits per heavy atom. The summed E-state index contributed by atoms with van der Waals surface area (Å²) in [7, 11) is 0. The van der Waals surface area contributed by atoms with E-state index in [0.717, 1.165) is 95.6 Å². The summed E-state index contributed by atoms with van der Waals surface area (Å²) in [6.45, 7) is 9.69. The molecule has 5 rings (SSSR count). The third-order valence-corrected chi connectivity index (χ3v) is 8.09. The predicted octanol–water partition coefficient (Wildman–Crippen LogP) is 2.13. The smallest absolute Gasteiger partial charge is 0.253 e. The molecule has 2 amide bonds. The topological polar surface area (TPSA) is 50.3 Å². The van der Waals surface area contributed by atoms with Crippen molar-refractivity contribution in [2.45, 2.75) is 44.6 Å². The lowest BCUT2D eigenvalue weighted by Gasteiger charge is -2.43. The lowest BCUT2D eigenvalue weighted by Crippen LogP contribution is -2.56. The minimum atomic E-state index is 0.165. The van der Waals surface area contributed by atoms with Crippen molar-refractivity contribution in [3.63, 3.8) is 0 Å². The third-order valence-electron chi connectivity index (χ3n) is 8.09. The van der Waals surface area contributed by atoms with E-state index in [1.165, 1.54) is 25.7 Å². The van der Waals surface area contributed by atoms with Crippen LogP contribution in [0.15, 0.2) is 24.3 Å². The molecule has 180 valence electrons. The third kappa shape index (κ3) is 5.35. The van der Waals surface area contributed by atoms with Gasteiger partial charge in [-0.15, -0.1) is 0 Å². The molecule has 3 heterocycles. The fourth-order valence-electron chi connectivity index (χ4n) is 5.66. The van der Waals surface area contributed by atoms with E-state index in [-0.39, 0.29) is 11.8 Å². The highest BCUT2D eigenvalue weighted by molar-refractivity contribution is 5.95. The fraction of sp³-hybridized carbons (Fsp3) is 0.692. The van der Waals surface area contributed by atoms with Gasteiger partial charge in [-0.2, -0.15) is 0 Å². The number of carbonyl (C=O) groups is 2. The second-order valence-electron chi connectivity index (χ2n) is 10.2. The average molecular weight is 454 g/mol. The summed E-state index contributed by atoms with van der Waals surface area (Å²) in [5.74, 6) is 0.448. The van der Waals surface area contributed by atoms with Gasteiger partial charge in [0, 0.05) is 82.7 Å². The molecule has 1 aliphatic carbocycles. The van der Waals surface area contributed by atoms with Crippen LogP contribution in [0.2, 0.25) is 0 Å². The number of benzene rings is 1. The predicted molar refractivity (Wildman–Crippen MR) is 131 cm³/mol. The molecule has 33 heavy (non-hydrogen) atoms. The van der Waals surface area contributed by atoms with Crippen LogP contribution in [-0.4, -0.2) is 109 Å². The maximum Gasteiger partial charge on any atom is 0.253 e. The molecule has 4 aliphatic rings. The fourth-order valence-corrected chi connectivity index (χ4v) is 5.66. The van der Waals surface area contributed by atoms with E-state index in [1.807, 2.05) is 17.0 Å². The van der Waals surface area contributed by atoms with Crippen molar-refractivity contribution >= 4 is 17.5 Å². The summed E-state index contributed by atoms with van der Waals surface area (Å²) >= 11 is 0. The number of anilines is 1. The van der Waals surface area contributed by atoms with Crippen LogP contribution in [0, 0.1) is 0 Å². The second kappa shape index (κ2) is 10.4. The lowest BCUT2D eigenvalue weighted by molar-refractivity contribution is -0.134. The van der Waals surface area contributed by atoms with Crippen LogP contribution in [0.3, 0.4) is 0 Å². The molecule has 0 spiro atoms. The molecule has 1 aromatic rings. The Morgan fingerprint density at radius 3 is 2.15 bits per heavy atom. The summed E-state index contributed by atoms with van der Waals surface area (Å²) in [5.41, 5.74) is 1.92. The van der Waals surface area contributed by atoms with E-state index in [0.29, 0.717) is 6.54 Å². The van der Waals surface area contributed by atoms with Crippen LogP contribution in [0.25, 0.3) is 0 Å². The zero-order chi connectivity index (χ0) is 22.6. The highest BCUT2D eigenvalue weighted by atomic mass is 16.2. The quantitative estimate of drug-likeness (QED) is 0.684. The number of hydrogen-bond acceptors (Lipinski definition) is 5. The van der Waals surface area contributed by atoms with Crippen molar-refractivity contribution < 1.29 is 9.59 Å². The molecular weight excluding hydrogens is 414 g/mol. The van der Waals surface area contributed by atoms with Crippen LogP contribution in [0.4, 0.5) is 5.69 Å². The van der Waals surface area contributed by atoms with E-state index in [2.05, 4.69) is 31.7 Å². The largest absolute Gasteiger partial charge is 0.369 e. The van der Waals surface area contributed by atoms with E-state index >= 15 is 0 Å². The van der Waals surface area contributed by atoms with Crippen LogP contribution >= 0.6 is 0 Å². The first-order chi connectivity index (χ1) is 16.2. The van der Waals surface area contributed by atoms with Crippen molar-refractivity contribution in [2.24, 2.45) is 0 Å². The first kappa shape index (κ1) is 22.7. The van der Waals surface area contributed by atoms with E-state index in [9.17, 15) is 9.59 Å². The summed E-state index contributed by atoms with van der Waals surface area (Å²) in [5, 5.41) is 0. The minimum Gasteiger partial charge on any atom is -0.369 e. The molecule has 1 saturated carbocycles. The zero-order valence-corrected chi connectivity index (χ0v) is 20.0. The lowest BCUT2D eigenvalue weighted by atomic mass is 9.91. The van der Waals surface area contributed by atoms with Gasteiger partial charge in [-0.05, 0) is 50.3 Å². The molecule has 0 atom stereocenters. The highest BCUT2D eigenvalue weighted by Gasteiger charge is 2.30. The monoisotopic (exact) mass is 453 g/mol. The van der Waals surface area contributed by atoms with Gasteiger partial charge in [0.1, 0.15) is 0 Å². The standard InChI is InChI=1S/C26H39N5O2/c32-25(30-18-16-28(17-19-30)23-7-5-8-23)21-27-12-14-29(15-13-27)24-9-4-6-22(20-24)26(33)31-10-2-1-3-11-31/h4,6,9,20,23H,1-3,5,7-8,10-19,21H2. The number of piperazine rings is 2. The molecule has 0 bridgehead atoms. The molecule has 4 fully saturated rings. The molecule has 7 heteroatoms. The maximum absolute atomic E-state index is 12.9. The summed E-state index contributed by atoms with van der Waals surface area (Å²) < 4.78 is 0. The number of amides is 2. The van der Waals surface area contributed by atoms with E-state index in [1.54, 1.807) is 0 Å². The summed E-state index contributed by atoms with van der Waals surface area (Å²) in [6.07, 6.45) is 7.51. The number of rotatable bonds is 5. The van der Waals surface area contributed by atoms with Gasteiger partial charge in [-0.1, -0.05) is 12.5 Å². The molecule has 0 aromatic heterocycles. The SMILES string of the molecule is O=C(CN1CCN(c2cccc(C(=O)N3CCCCC3)c2)CC1)N1CCN(C2CCC2)CC1. The first-order valence-corrected chi connectivity index (χ1v) is 13.1. The van der Waals surface area contributed by atoms with Crippen molar-refractivity contribution in [3.8, 4) is 0 Å². The van der Waals surface area contributed by atoms with Gasteiger partial charge >= 0.3 is 0 Å². The Morgan fingerprint density at radius 2 is 1.48 bits per heavy atom. The van der Waals surface area contributed by atoms with Crippen LogP contribution < -0.4 is 4.90 Å². The van der Waals surface area contributed by atoms with Gasteiger partial charge in [0.25, 0.3) is 5.91 Å². The highest BCUT2D eigenvalue weighted by Crippen LogP contribution is 2.25. The van der Waals surface area contributed by atoms with Gasteiger partial charge in [0.2, 0.25) is 5.91 Å². The van der Waals surface area contributed by atoms with Crippen molar-refractivity contribution in [1.82, 2.24) is 19.6 Å².